The van der Waals surface area contributed by atoms with E-state index in [0.29, 0.717) is 12.5 Å². The van der Waals surface area contributed by atoms with Crippen LogP contribution in [-0.2, 0) is 4.79 Å². The highest BCUT2D eigenvalue weighted by atomic mass is 19.4. The van der Waals surface area contributed by atoms with Crippen LogP contribution in [0.5, 0.6) is 0 Å². The molecule has 1 N–H and O–H groups in total. The van der Waals surface area contributed by atoms with E-state index in [-0.39, 0.29) is 18.5 Å². The average Bonchev–Trinajstić information content (AvgIpc) is 2.99. The van der Waals surface area contributed by atoms with Crippen molar-refractivity contribution in [2.75, 3.05) is 19.6 Å². The molecule has 0 spiro atoms. The summed E-state index contributed by atoms with van der Waals surface area (Å²) in [5.41, 5.74) is 0. The maximum atomic E-state index is 11.9. The summed E-state index contributed by atoms with van der Waals surface area (Å²) in [5.74, 6) is 0.268. The molecule has 1 aliphatic rings. The van der Waals surface area contributed by atoms with Crippen molar-refractivity contribution in [1.82, 2.24) is 10.2 Å². The van der Waals surface area contributed by atoms with Gasteiger partial charge in [-0.1, -0.05) is 13.8 Å². The molecule has 1 aliphatic carbocycles. The molecule has 0 aliphatic heterocycles. The first-order chi connectivity index (χ1) is 8.29. The summed E-state index contributed by atoms with van der Waals surface area (Å²) in [5, 5.41) is 2.16. The molecule has 0 heterocycles. The molecule has 0 radical (unpaired) electrons. The summed E-state index contributed by atoms with van der Waals surface area (Å²) in [6.45, 7) is 3.44. The van der Waals surface area contributed by atoms with Crippen LogP contribution in [-0.4, -0.2) is 42.7 Å². The average molecular weight is 266 g/mol. The van der Waals surface area contributed by atoms with Gasteiger partial charge in [0.15, 0.2) is 0 Å². The topological polar surface area (TPSA) is 32.3 Å². The molecule has 1 rings (SSSR count). The van der Waals surface area contributed by atoms with Crippen molar-refractivity contribution in [3.63, 3.8) is 0 Å². The molecule has 3 nitrogen and oxygen atoms in total. The second-order valence-corrected chi connectivity index (χ2v) is 5.22. The predicted octanol–water partition coefficient (Wildman–Crippen LogP) is 2.18. The summed E-state index contributed by atoms with van der Waals surface area (Å²) in [4.78, 5) is 13.5. The maximum Gasteiger partial charge on any atom is 0.401 e. The number of amides is 1. The minimum absolute atomic E-state index is 0.220. The Hall–Kier alpha value is -0.780. The van der Waals surface area contributed by atoms with E-state index in [9.17, 15) is 18.0 Å². The van der Waals surface area contributed by atoms with Crippen molar-refractivity contribution in [1.29, 1.82) is 0 Å². The molecule has 0 atom stereocenters. The van der Waals surface area contributed by atoms with E-state index in [0.717, 1.165) is 19.3 Å². The number of alkyl halides is 3. The lowest BCUT2D eigenvalue weighted by Crippen LogP contribution is -2.42. The summed E-state index contributed by atoms with van der Waals surface area (Å²) in [7, 11) is 0. The first kappa shape index (κ1) is 15.3. The second-order valence-electron chi connectivity index (χ2n) is 5.22. The highest BCUT2D eigenvalue weighted by Gasteiger charge is 2.33. The van der Waals surface area contributed by atoms with E-state index >= 15 is 0 Å². The van der Waals surface area contributed by atoms with Gasteiger partial charge in [-0.25, -0.2) is 0 Å². The Morgan fingerprint density at radius 3 is 2.44 bits per heavy atom. The third-order valence-electron chi connectivity index (χ3n) is 2.86. The van der Waals surface area contributed by atoms with Gasteiger partial charge in [-0.15, -0.1) is 0 Å². The fourth-order valence-electron chi connectivity index (χ4n) is 1.71. The van der Waals surface area contributed by atoms with Crippen LogP contribution < -0.4 is 5.32 Å². The lowest BCUT2D eigenvalue weighted by Gasteiger charge is -2.23. The minimum Gasteiger partial charge on any atom is -0.339 e. The highest BCUT2D eigenvalue weighted by Crippen LogP contribution is 2.27. The SMILES string of the molecule is CC(C)CCN(C(=O)CNCC(F)(F)F)C1CC1. The Labute approximate surface area is 106 Å². The zero-order valence-corrected chi connectivity index (χ0v) is 10.9. The number of nitrogens with zero attached hydrogens (tertiary/aromatic N) is 1. The molecular weight excluding hydrogens is 245 g/mol. The number of carbonyl (C=O) groups excluding carboxylic acids is 1. The van der Waals surface area contributed by atoms with Gasteiger partial charge in [0, 0.05) is 12.6 Å². The fraction of sp³-hybridized carbons (Fsp3) is 0.917. The van der Waals surface area contributed by atoms with Gasteiger partial charge in [0.05, 0.1) is 13.1 Å². The van der Waals surface area contributed by atoms with Crippen LogP contribution in [0.1, 0.15) is 33.1 Å². The first-order valence-corrected chi connectivity index (χ1v) is 6.36. The Bertz CT molecular complexity index is 275. The van der Waals surface area contributed by atoms with Crippen LogP contribution in [0.25, 0.3) is 0 Å². The van der Waals surface area contributed by atoms with Crippen molar-refractivity contribution in [2.24, 2.45) is 5.92 Å². The van der Waals surface area contributed by atoms with Crippen LogP contribution in [0.2, 0.25) is 0 Å². The third kappa shape index (κ3) is 6.23. The van der Waals surface area contributed by atoms with Gasteiger partial charge < -0.3 is 10.2 Å². The normalized spacial score (nSPS) is 16.1. The Balaban J connectivity index is 2.31. The summed E-state index contributed by atoms with van der Waals surface area (Å²) >= 11 is 0. The number of halogens is 3. The Kier molecular flexibility index (Phi) is 5.44. The third-order valence-corrected chi connectivity index (χ3v) is 2.86. The molecule has 0 aromatic rings. The molecule has 0 aromatic heterocycles. The van der Waals surface area contributed by atoms with E-state index in [1.54, 1.807) is 4.90 Å². The molecule has 0 bridgehead atoms. The zero-order valence-electron chi connectivity index (χ0n) is 10.9. The van der Waals surface area contributed by atoms with Crippen LogP contribution in [0.3, 0.4) is 0 Å². The van der Waals surface area contributed by atoms with Gasteiger partial charge in [0.25, 0.3) is 0 Å². The minimum atomic E-state index is -4.26. The number of rotatable bonds is 7. The van der Waals surface area contributed by atoms with Gasteiger partial charge in [-0.05, 0) is 25.2 Å². The number of hydrogen-bond donors (Lipinski definition) is 1. The molecule has 1 saturated carbocycles. The summed E-state index contributed by atoms with van der Waals surface area (Å²) in [6, 6.07) is 0.254. The molecule has 1 amide bonds. The van der Waals surface area contributed by atoms with E-state index < -0.39 is 12.7 Å². The molecule has 6 heteroatoms. The molecular formula is C12H21F3N2O. The van der Waals surface area contributed by atoms with E-state index in [1.807, 2.05) is 0 Å². The standard InChI is InChI=1S/C12H21F3N2O/c1-9(2)5-6-17(10-3-4-10)11(18)7-16-8-12(13,14)15/h9-10,16H,3-8H2,1-2H3. The van der Waals surface area contributed by atoms with E-state index in [4.69, 9.17) is 0 Å². The van der Waals surface area contributed by atoms with Crippen LogP contribution >= 0.6 is 0 Å². The van der Waals surface area contributed by atoms with Crippen LogP contribution in [0.15, 0.2) is 0 Å². The van der Waals surface area contributed by atoms with Crippen molar-refractivity contribution >= 4 is 5.91 Å². The van der Waals surface area contributed by atoms with Gasteiger partial charge in [0.2, 0.25) is 5.91 Å². The summed E-state index contributed by atoms with van der Waals surface area (Å²) < 4.78 is 35.8. The first-order valence-electron chi connectivity index (χ1n) is 6.36. The smallest absolute Gasteiger partial charge is 0.339 e. The number of carbonyl (C=O) groups is 1. The van der Waals surface area contributed by atoms with Crippen LogP contribution in [0.4, 0.5) is 13.2 Å². The molecule has 0 aromatic carbocycles. The van der Waals surface area contributed by atoms with Crippen LogP contribution in [0, 0.1) is 5.92 Å². The van der Waals surface area contributed by atoms with Crippen molar-refractivity contribution in [3.05, 3.63) is 0 Å². The van der Waals surface area contributed by atoms with Crippen molar-refractivity contribution in [3.8, 4) is 0 Å². The van der Waals surface area contributed by atoms with Gasteiger partial charge >= 0.3 is 6.18 Å². The van der Waals surface area contributed by atoms with Gasteiger partial charge in [0.1, 0.15) is 0 Å². The van der Waals surface area contributed by atoms with Gasteiger partial charge in [-0.3, -0.25) is 4.79 Å². The fourth-order valence-corrected chi connectivity index (χ4v) is 1.71. The predicted molar refractivity (Wildman–Crippen MR) is 63.1 cm³/mol. The lowest BCUT2D eigenvalue weighted by atomic mass is 10.1. The summed E-state index contributed by atoms with van der Waals surface area (Å²) in [6.07, 6.45) is -1.42. The van der Waals surface area contributed by atoms with Crippen molar-refractivity contribution in [2.45, 2.75) is 45.3 Å². The zero-order chi connectivity index (χ0) is 13.8. The largest absolute Gasteiger partial charge is 0.401 e. The molecule has 0 saturated heterocycles. The Morgan fingerprint density at radius 2 is 2.00 bits per heavy atom. The van der Waals surface area contributed by atoms with Gasteiger partial charge in [-0.2, -0.15) is 13.2 Å². The van der Waals surface area contributed by atoms with E-state index in [2.05, 4.69) is 19.2 Å². The lowest BCUT2D eigenvalue weighted by molar-refractivity contribution is -0.134. The monoisotopic (exact) mass is 266 g/mol. The quantitative estimate of drug-likeness (QED) is 0.766. The second kappa shape index (κ2) is 6.41. The number of hydrogen-bond acceptors (Lipinski definition) is 2. The highest BCUT2D eigenvalue weighted by molar-refractivity contribution is 5.78. The number of nitrogens with one attached hydrogen (secondary N) is 1. The Morgan fingerprint density at radius 1 is 1.39 bits per heavy atom. The van der Waals surface area contributed by atoms with Crippen molar-refractivity contribution < 1.29 is 18.0 Å². The molecule has 18 heavy (non-hydrogen) atoms. The maximum absolute atomic E-state index is 11.9. The molecule has 106 valence electrons. The molecule has 0 unspecified atom stereocenters. The van der Waals surface area contributed by atoms with E-state index in [1.165, 1.54) is 0 Å². The molecule has 1 fully saturated rings.